The van der Waals surface area contributed by atoms with Gasteiger partial charge in [-0.25, -0.2) is 4.68 Å². The predicted octanol–water partition coefficient (Wildman–Crippen LogP) is 3.55. The van der Waals surface area contributed by atoms with Crippen molar-refractivity contribution in [2.24, 2.45) is 7.05 Å². The van der Waals surface area contributed by atoms with Crippen molar-refractivity contribution in [3.63, 3.8) is 0 Å². The summed E-state index contributed by atoms with van der Waals surface area (Å²) >= 11 is 6.29. The molecule has 0 aliphatic carbocycles. The zero-order valence-corrected chi connectivity index (χ0v) is 15.7. The van der Waals surface area contributed by atoms with Gasteiger partial charge in [-0.15, -0.1) is 0 Å². The highest BCUT2D eigenvalue weighted by Gasteiger charge is 2.22. The fourth-order valence-corrected chi connectivity index (χ4v) is 4.02. The number of nitrogens with one attached hydrogen (secondary N) is 1. The largest absolute Gasteiger partial charge is 0.338 e. The van der Waals surface area contributed by atoms with Gasteiger partial charge in [-0.05, 0) is 45.1 Å². The van der Waals surface area contributed by atoms with Crippen LogP contribution in [0.3, 0.4) is 0 Å². The standard InChI is InChI=1S/C19H22ClN5O/c1-23-10-7-14(8-11-23)25-17(6-9-21-25)22-19(26)16-12-13-4-3-5-15(20)18(13)24(16)2/h3-6,9,12,14H,7-8,10-11H2,1-2H3,(H,22,26). The van der Waals surface area contributed by atoms with Crippen molar-refractivity contribution in [3.8, 4) is 0 Å². The monoisotopic (exact) mass is 371 g/mol. The average molecular weight is 372 g/mol. The van der Waals surface area contributed by atoms with Gasteiger partial charge in [0.15, 0.2) is 0 Å². The molecule has 7 heteroatoms. The van der Waals surface area contributed by atoms with Crippen LogP contribution in [-0.4, -0.2) is 45.3 Å². The van der Waals surface area contributed by atoms with E-state index >= 15 is 0 Å². The molecule has 0 unspecified atom stereocenters. The van der Waals surface area contributed by atoms with Crippen LogP contribution in [0.15, 0.2) is 36.5 Å². The average Bonchev–Trinajstić information content (AvgIpc) is 3.21. The number of hydrogen-bond acceptors (Lipinski definition) is 3. The summed E-state index contributed by atoms with van der Waals surface area (Å²) in [6.45, 7) is 2.08. The van der Waals surface area contributed by atoms with Crippen LogP contribution in [0.4, 0.5) is 5.82 Å². The number of nitrogens with zero attached hydrogens (tertiary/aromatic N) is 4. The van der Waals surface area contributed by atoms with E-state index in [1.807, 2.05) is 46.6 Å². The lowest BCUT2D eigenvalue weighted by Crippen LogP contribution is -2.32. The van der Waals surface area contributed by atoms with Gasteiger partial charge < -0.3 is 14.8 Å². The second-order valence-electron chi connectivity index (χ2n) is 6.92. The molecule has 1 aromatic carbocycles. The van der Waals surface area contributed by atoms with Crippen molar-refractivity contribution in [1.82, 2.24) is 19.2 Å². The summed E-state index contributed by atoms with van der Waals surface area (Å²) < 4.78 is 3.78. The van der Waals surface area contributed by atoms with Crippen molar-refractivity contribution in [2.45, 2.75) is 18.9 Å². The van der Waals surface area contributed by atoms with Gasteiger partial charge >= 0.3 is 0 Å². The molecular weight excluding hydrogens is 350 g/mol. The molecule has 6 nitrogen and oxygen atoms in total. The van der Waals surface area contributed by atoms with E-state index < -0.39 is 0 Å². The molecule has 0 radical (unpaired) electrons. The number of aromatic nitrogens is 3. The van der Waals surface area contributed by atoms with E-state index in [1.54, 1.807) is 6.20 Å². The van der Waals surface area contributed by atoms with Gasteiger partial charge in [-0.3, -0.25) is 4.79 Å². The third kappa shape index (κ3) is 2.99. The Balaban J connectivity index is 1.59. The number of fused-ring (bicyclic) bond motifs is 1. The number of benzene rings is 1. The van der Waals surface area contributed by atoms with Gasteiger partial charge in [0.05, 0.1) is 22.8 Å². The molecular formula is C19H22ClN5O. The number of carbonyl (C=O) groups excluding carboxylic acids is 1. The Morgan fingerprint density at radius 3 is 2.73 bits per heavy atom. The van der Waals surface area contributed by atoms with Gasteiger partial charge in [-0.2, -0.15) is 5.10 Å². The molecule has 4 rings (SSSR count). The van der Waals surface area contributed by atoms with Crippen LogP contribution < -0.4 is 5.32 Å². The van der Waals surface area contributed by atoms with E-state index in [0.717, 1.165) is 42.7 Å². The maximum Gasteiger partial charge on any atom is 0.273 e. The molecule has 1 aliphatic rings. The lowest BCUT2D eigenvalue weighted by Gasteiger charge is -2.30. The molecule has 1 fully saturated rings. The first-order valence-corrected chi connectivity index (χ1v) is 9.20. The van der Waals surface area contributed by atoms with Gasteiger partial charge in [0.1, 0.15) is 11.5 Å². The smallest absolute Gasteiger partial charge is 0.273 e. The van der Waals surface area contributed by atoms with Crippen LogP contribution in [-0.2, 0) is 7.05 Å². The van der Waals surface area contributed by atoms with Crippen molar-refractivity contribution < 1.29 is 4.79 Å². The number of hydrogen-bond donors (Lipinski definition) is 1. The summed E-state index contributed by atoms with van der Waals surface area (Å²) in [6, 6.07) is 9.72. The number of para-hydroxylation sites is 1. The molecule has 1 saturated heterocycles. The molecule has 136 valence electrons. The number of likely N-dealkylation sites (tertiary alicyclic amines) is 1. The fourth-order valence-electron chi connectivity index (χ4n) is 3.71. The maximum atomic E-state index is 12.9. The summed E-state index contributed by atoms with van der Waals surface area (Å²) in [5, 5.41) is 9.06. The van der Waals surface area contributed by atoms with Crippen LogP contribution in [0.1, 0.15) is 29.4 Å². The third-order valence-corrected chi connectivity index (χ3v) is 5.49. The minimum Gasteiger partial charge on any atom is -0.338 e. The lowest BCUT2D eigenvalue weighted by molar-refractivity contribution is 0.101. The lowest BCUT2D eigenvalue weighted by atomic mass is 10.1. The number of carbonyl (C=O) groups is 1. The van der Waals surface area contributed by atoms with Crippen molar-refractivity contribution in [1.29, 1.82) is 0 Å². The van der Waals surface area contributed by atoms with E-state index in [2.05, 4.69) is 22.4 Å². The summed E-state index contributed by atoms with van der Waals surface area (Å²) in [5.74, 6) is 0.579. The molecule has 1 aliphatic heterocycles. The molecule has 2 aromatic heterocycles. The summed E-state index contributed by atoms with van der Waals surface area (Å²) in [6.07, 6.45) is 3.81. The highest BCUT2D eigenvalue weighted by atomic mass is 35.5. The maximum absolute atomic E-state index is 12.9. The molecule has 0 atom stereocenters. The second kappa shape index (κ2) is 6.78. The minimum atomic E-state index is -0.158. The Bertz CT molecular complexity index is 952. The molecule has 1 amide bonds. The summed E-state index contributed by atoms with van der Waals surface area (Å²) in [5.41, 5.74) is 1.44. The number of amides is 1. The van der Waals surface area contributed by atoms with Crippen LogP contribution in [0.2, 0.25) is 5.02 Å². The van der Waals surface area contributed by atoms with Crippen LogP contribution in [0.25, 0.3) is 10.9 Å². The highest BCUT2D eigenvalue weighted by Crippen LogP contribution is 2.28. The predicted molar refractivity (Wildman–Crippen MR) is 104 cm³/mol. The molecule has 1 N–H and O–H groups in total. The third-order valence-electron chi connectivity index (χ3n) is 5.19. The fraction of sp³-hybridized carbons (Fsp3) is 0.368. The summed E-state index contributed by atoms with van der Waals surface area (Å²) in [4.78, 5) is 15.2. The second-order valence-corrected chi connectivity index (χ2v) is 7.32. The minimum absolute atomic E-state index is 0.158. The van der Waals surface area contributed by atoms with Crippen LogP contribution in [0.5, 0.6) is 0 Å². The van der Waals surface area contributed by atoms with Crippen molar-refractivity contribution >= 4 is 34.2 Å². The highest BCUT2D eigenvalue weighted by molar-refractivity contribution is 6.35. The number of piperidine rings is 1. The Morgan fingerprint density at radius 1 is 1.23 bits per heavy atom. The molecule has 3 aromatic rings. The number of halogens is 1. The van der Waals surface area contributed by atoms with E-state index in [1.165, 1.54) is 0 Å². The molecule has 3 heterocycles. The van der Waals surface area contributed by atoms with Crippen LogP contribution >= 0.6 is 11.6 Å². The van der Waals surface area contributed by atoms with E-state index in [9.17, 15) is 4.79 Å². The number of anilines is 1. The number of aryl methyl sites for hydroxylation is 1. The number of rotatable bonds is 3. The Morgan fingerprint density at radius 2 is 2.00 bits per heavy atom. The molecule has 0 saturated carbocycles. The molecule has 0 spiro atoms. The van der Waals surface area contributed by atoms with Crippen molar-refractivity contribution in [2.75, 3.05) is 25.5 Å². The van der Waals surface area contributed by atoms with Gasteiger partial charge in [0.2, 0.25) is 0 Å². The molecule has 26 heavy (non-hydrogen) atoms. The topological polar surface area (TPSA) is 55.1 Å². The molecule has 0 bridgehead atoms. The quantitative estimate of drug-likeness (QED) is 0.766. The van der Waals surface area contributed by atoms with Crippen LogP contribution in [0, 0.1) is 0 Å². The summed E-state index contributed by atoms with van der Waals surface area (Å²) in [7, 11) is 3.99. The van der Waals surface area contributed by atoms with Gasteiger partial charge in [-0.1, -0.05) is 23.7 Å². The Labute approximate surface area is 157 Å². The Hall–Kier alpha value is -2.31. The van der Waals surface area contributed by atoms with Gasteiger partial charge in [0.25, 0.3) is 5.91 Å². The first-order valence-electron chi connectivity index (χ1n) is 8.82. The van der Waals surface area contributed by atoms with Crippen molar-refractivity contribution in [3.05, 3.63) is 47.2 Å². The first-order chi connectivity index (χ1) is 12.5. The van der Waals surface area contributed by atoms with E-state index in [0.29, 0.717) is 16.8 Å². The zero-order valence-electron chi connectivity index (χ0n) is 14.9. The Kier molecular flexibility index (Phi) is 4.46. The van der Waals surface area contributed by atoms with E-state index in [-0.39, 0.29) is 5.91 Å². The SMILES string of the molecule is CN1CCC(n2nccc2NC(=O)c2cc3cccc(Cl)c3n2C)CC1. The normalized spacial score (nSPS) is 16.3. The van der Waals surface area contributed by atoms with Gasteiger partial charge in [0, 0.05) is 18.5 Å². The zero-order chi connectivity index (χ0) is 18.3. The van der Waals surface area contributed by atoms with E-state index in [4.69, 9.17) is 11.6 Å². The first kappa shape index (κ1) is 17.1.